The van der Waals surface area contributed by atoms with Gasteiger partial charge >= 0.3 is 6.09 Å². The van der Waals surface area contributed by atoms with Crippen molar-refractivity contribution in [3.63, 3.8) is 0 Å². The van der Waals surface area contributed by atoms with E-state index in [1.165, 1.54) is 25.7 Å². The number of morpholine rings is 1. The van der Waals surface area contributed by atoms with Crippen LogP contribution in [0.25, 0.3) is 22.4 Å². The van der Waals surface area contributed by atoms with Gasteiger partial charge in [0.1, 0.15) is 11.2 Å². The van der Waals surface area contributed by atoms with Gasteiger partial charge in [0.2, 0.25) is 5.95 Å². The van der Waals surface area contributed by atoms with E-state index in [0.29, 0.717) is 35.6 Å². The van der Waals surface area contributed by atoms with E-state index in [1.807, 2.05) is 24.3 Å². The zero-order valence-electron chi connectivity index (χ0n) is 22.0. The van der Waals surface area contributed by atoms with Gasteiger partial charge in [-0.05, 0) is 50.7 Å². The summed E-state index contributed by atoms with van der Waals surface area (Å²) in [5.74, 6) is 2.58. The van der Waals surface area contributed by atoms with Crippen LogP contribution in [0.15, 0.2) is 24.3 Å². The molecule has 2 saturated heterocycles. The van der Waals surface area contributed by atoms with Crippen LogP contribution in [0, 0.1) is 11.8 Å². The predicted octanol–water partition coefficient (Wildman–Crippen LogP) is 4.83. The number of aromatic nitrogens is 4. The molecule has 0 radical (unpaired) electrons. The van der Waals surface area contributed by atoms with Crippen LogP contribution in [0.5, 0.6) is 0 Å². The molecule has 2 aliphatic heterocycles. The number of benzene rings is 1. The van der Waals surface area contributed by atoms with Crippen LogP contribution in [0.1, 0.15) is 58.4 Å². The van der Waals surface area contributed by atoms with Crippen molar-refractivity contribution in [2.45, 2.75) is 71.2 Å². The molecule has 0 bridgehead atoms. The van der Waals surface area contributed by atoms with Crippen LogP contribution in [0.4, 0.5) is 10.7 Å². The predicted molar refractivity (Wildman–Crippen MR) is 145 cm³/mol. The van der Waals surface area contributed by atoms with E-state index >= 15 is 0 Å². The van der Waals surface area contributed by atoms with E-state index in [-0.39, 0.29) is 12.1 Å². The first kappa shape index (κ1) is 25.3. The summed E-state index contributed by atoms with van der Waals surface area (Å²) in [4.78, 5) is 34.0. The second kappa shape index (κ2) is 10.3. The molecule has 202 valence electrons. The molecule has 3 aromatic rings. The van der Waals surface area contributed by atoms with Gasteiger partial charge in [-0.1, -0.05) is 43.5 Å². The molecular weight excluding hydrogens is 506 g/mol. The minimum absolute atomic E-state index is 0.159. The molecule has 4 heterocycles. The fourth-order valence-electron chi connectivity index (χ4n) is 5.95. The zero-order chi connectivity index (χ0) is 26.4. The number of nitrogens with one attached hydrogen (secondary N) is 2. The Bertz CT molecular complexity index is 1330. The number of amides is 1. The van der Waals surface area contributed by atoms with E-state index in [2.05, 4.69) is 41.0 Å². The molecule has 3 aliphatic rings. The summed E-state index contributed by atoms with van der Waals surface area (Å²) in [5.41, 5.74) is 5.72. The van der Waals surface area contributed by atoms with Crippen LogP contribution in [0.3, 0.4) is 0 Å². The highest BCUT2D eigenvalue weighted by molar-refractivity contribution is 6.30. The Morgan fingerprint density at radius 1 is 1.05 bits per heavy atom. The molecule has 1 amide bonds. The number of hydrogen-bond donors (Lipinski definition) is 2. The highest BCUT2D eigenvalue weighted by atomic mass is 35.5. The van der Waals surface area contributed by atoms with Gasteiger partial charge in [-0.25, -0.2) is 14.8 Å². The lowest BCUT2D eigenvalue weighted by atomic mass is 9.83. The van der Waals surface area contributed by atoms with Gasteiger partial charge in [0.05, 0.1) is 25.3 Å². The number of halogens is 1. The minimum Gasteiger partial charge on any atom is -0.377 e. The molecule has 2 N–H and O–H groups in total. The first-order valence-electron chi connectivity index (χ1n) is 13.5. The summed E-state index contributed by atoms with van der Waals surface area (Å²) < 4.78 is 8.17. The van der Waals surface area contributed by atoms with Crippen molar-refractivity contribution in [1.82, 2.24) is 30.3 Å². The normalized spacial score (nSPS) is 27.9. The number of imidazole rings is 1. The number of ether oxygens (including phenoxy) is 1. The number of anilines is 1. The van der Waals surface area contributed by atoms with E-state index in [1.54, 1.807) is 0 Å². The standard InChI is InChI=1S/C27H34ClN7O3/c1-15-7-9-18(10-8-15)12-34-22-21(19-5-4-6-20(28)11-19)29-24(25-32-27(36)38-33-25)30-23(22)31-26(34)35-16(2)13-37-14-17(35)3/h4-6,11,15-18,25,33H,7-10,12-14H2,1-3H3,(H,32,36)/t15?,16-,17-,18?,25?/m1/s1. The van der Waals surface area contributed by atoms with E-state index in [9.17, 15) is 4.79 Å². The fourth-order valence-corrected chi connectivity index (χ4v) is 6.14. The van der Waals surface area contributed by atoms with Crippen LogP contribution < -0.4 is 15.7 Å². The molecule has 6 rings (SSSR count). The van der Waals surface area contributed by atoms with Gasteiger partial charge in [0.15, 0.2) is 17.6 Å². The highest BCUT2D eigenvalue weighted by Crippen LogP contribution is 2.37. The number of fused-ring (bicyclic) bond motifs is 1. The first-order valence-corrected chi connectivity index (χ1v) is 13.9. The molecule has 1 unspecified atom stereocenters. The fraction of sp³-hybridized carbons (Fsp3) is 0.556. The molecule has 1 saturated carbocycles. The quantitative estimate of drug-likeness (QED) is 0.475. The lowest BCUT2D eigenvalue weighted by molar-refractivity contribution is 0.0741. The Kier molecular flexibility index (Phi) is 6.88. The smallest absolute Gasteiger partial charge is 0.377 e. The molecule has 3 atom stereocenters. The van der Waals surface area contributed by atoms with Crippen molar-refractivity contribution in [2.75, 3.05) is 18.1 Å². The Balaban J connectivity index is 1.55. The number of carbonyl (C=O) groups excluding carboxylic acids is 1. The Labute approximate surface area is 227 Å². The third-order valence-corrected chi connectivity index (χ3v) is 8.20. The molecule has 11 heteroatoms. The van der Waals surface area contributed by atoms with Crippen LogP contribution in [0.2, 0.25) is 5.02 Å². The lowest BCUT2D eigenvalue weighted by Crippen LogP contribution is -2.51. The number of carbonyl (C=O) groups is 1. The van der Waals surface area contributed by atoms with Crippen LogP contribution in [-0.2, 0) is 16.1 Å². The monoisotopic (exact) mass is 539 g/mol. The van der Waals surface area contributed by atoms with Crippen molar-refractivity contribution in [3.8, 4) is 11.3 Å². The number of hydroxylamine groups is 1. The average Bonchev–Trinajstić information content (AvgIpc) is 3.48. The largest absolute Gasteiger partial charge is 0.427 e. The number of nitrogens with zero attached hydrogens (tertiary/aromatic N) is 5. The molecule has 38 heavy (non-hydrogen) atoms. The van der Waals surface area contributed by atoms with Crippen molar-refractivity contribution >= 4 is 34.8 Å². The van der Waals surface area contributed by atoms with Crippen LogP contribution >= 0.6 is 11.6 Å². The third-order valence-electron chi connectivity index (χ3n) is 7.96. The average molecular weight is 540 g/mol. The molecule has 2 aromatic heterocycles. The molecule has 10 nitrogen and oxygen atoms in total. The molecule has 3 fully saturated rings. The van der Waals surface area contributed by atoms with Crippen molar-refractivity contribution in [1.29, 1.82) is 0 Å². The molecular formula is C27H34ClN7O3. The van der Waals surface area contributed by atoms with E-state index < -0.39 is 12.3 Å². The number of hydrogen-bond acceptors (Lipinski definition) is 8. The Morgan fingerprint density at radius 2 is 1.82 bits per heavy atom. The summed E-state index contributed by atoms with van der Waals surface area (Å²) in [5, 5.41) is 3.33. The summed E-state index contributed by atoms with van der Waals surface area (Å²) in [6, 6.07) is 7.98. The summed E-state index contributed by atoms with van der Waals surface area (Å²) in [7, 11) is 0. The van der Waals surface area contributed by atoms with Gasteiger partial charge < -0.3 is 19.0 Å². The molecule has 1 aromatic carbocycles. The first-order chi connectivity index (χ1) is 18.4. The van der Waals surface area contributed by atoms with Gasteiger partial charge in [0.25, 0.3) is 0 Å². The highest BCUT2D eigenvalue weighted by Gasteiger charge is 2.34. The molecule has 1 aliphatic carbocycles. The van der Waals surface area contributed by atoms with E-state index in [4.69, 9.17) is 36.1 Å². The maximum Gasteiger partial charge on any atom is 0.427 e. The second-order valence-corrected chi connectivity index (χ2v) is 11.4. The van der Waals surface area contributed by atoms with E-state index in [0.717, 1.165) is 35.2 Å². The lowest BCUT2D eigenvalue weighted by Gasteiger charge is -2.40. The summed E-state index contributed by atoms with van der Waals surface area (Å²) in [6.07, 6.45) is 3.61. The van der Waals surface area contributed by atoms with Gasteiger partial charge in [-0.2, -0.15) is 4.98 Å². The van der Waals surface area contributed by atoms with Crippen molar-refractivity contribution in [3.05, 3.63) is 35.1 Å². The van der Waals surface area contributed by atoms with Crippen molar-refractivity contribution < 1.29 is 14.4 Å². The van der Waals surface area contributed by atoms with Crippen LogP contribution in [-0.4, -0.2) is 50.9 Å². The van der Waals surface area contributed by atoms with Gasteiger partial charge in [-0.15, -0.1) is 5.48 Å². The van der Waals surface area contributed by atoms with Crippen molar-refractivity contribution in [2.24, 2.45) is 11.8 Å². The summed E-state index contributed by atoms with van der Waals surface area (Å²) >= 11 is 6.43. The molecule has 0 spiro atoms. The second-order valence-electron chi connectivity index (χ2n) is 11.0. The van der Waals surface area contributed by atoms with Gasteiger partial charge in [0, 0.05) is 17.1 Å². The maximum absolute atomic E-state index is 11.8. The Hall–Kier alpha value is -2.95. The SMILES string of the molecule is CC1CCC(Cn2c(N3[C@H](C)COC[C@H]3C)nc3nc(C4NOC(=O)N4)nc(-c4cccc(Cl)c4)c32)CC1. The topological polar surface area (TPSA) is 106 Å². The minimum atomic E-state index is -0.681. The third kappa shape index (κ3) is 4.81. The summed E-state index contributed by atoms with van der Waals surface area (Å²) in [6.45, 7) is 8.81. The number of rotatable bonds is 5. The van der Waals surface area contributed by atoms with Gasteiger partial charge in [-0.3, -0.25) is 5.32 Å². The zero-order valence-corrected chi connectivity index (χ0v) is 22.7. The Morgan fingerprint density at radius 3 is 2.50 bits per heavy atom. The maximum atomic E-state index is 11.8.